The van der Waals surface area contributed by atoms with Crippen LogP contribution in [0.5, 0.6) is 0 Å². The summed E-state index contributed by atoms with van der Waals surface area (Å²) in [6.07, 6.45) is 3.79. The largest absolute Gasteiger partial charge is 0.458 e. The van der Waals surface area contributed by atoms with Crippen molar-refractivity contribution in [1.29, 1.82) is 0 Å². The van der Waals surface area contributed by atoms with Gasteiger partial charge in [0.25, 0.3) is 5.69 Å². The number of nitrogens with zero attached hydrogens (tertiary/aromatic N) is 1. The highest BCUT2D eigenvalue weighted by atomic mass is 35.5. The van der Waals surface area contributed by atoms with Gasteiger partial charge in [-0.25, -0.2) is 4.79 Å². The Morgan fingerprint density at radius 3 is 2.75 bits per heavy atom. The second-order valence-electron chi connectivity index (χ2n) is 5.12. The van der Waals surface area contributed by atoms with Crippen LogP contribution in [0.3, 0.4) is 0 Å². The molecule has 0 aliphatic heterocycles. The van der Waals surface area contributed by atoms with Crippen LogP contribution in [0, 0.1) is 16.0 Å². The lowest BCUT2D eigenvalue weighted by molar-refractivity contribution is -0.385. The molecule has 0 amide bonds. The van der Waals surface area contributed by atoms with Gasteiger partial charge >= 0.3 is 5.97 Å². The van der Waals surface area contributed by atoms with E-state index < -0.39 is 10.9 Å². The zero-order valence-electron chi connectivity index (χ0n) is 11.2. The van der Waals surface area contributed by atoms with Crippen LogP contribution in [-0.4, -0.2) is 17.0 Å². The van der Waals surface area contributed by atoms with Gasteiger partial charge in [-0.1, -0.05) is 24.9 Å². The molecule has 1 fully saturated rings. The second kappa shape index (κ2) is 6.22. The minimum absolute atomic E-state index is 0.0831. The van der Waals surface area contributed by atoms with Crippen molar-refractivity contribution < 1.29 is 14.5 Å². The SMILES string of the molecule is CC1CCCCC1OC(=O)c1cc(Cl)ccc1[N+](=O)[O-]. The van der Waals surface area contributed by atoms with Crippen molar-refractivity contribution in [1.82, 2.24) is 0 Å². The van der Waals surface area contributed by atoms with E-state index in [9.17, 15) is 14.9 Å². The third-order valence-corrected chi connectivity index (χ3v) is 3.90. The number of hydrogen-bond acceptors (Lipinski definition) is 4. The Kier molecular flexibility index (Phi) is 4.60. The first-order valence-electron chi connectivity index (χ1n) is 6.64. The first-order valence-corrected chi connectivity index (χ1v) is 7.01. The first-order chi connectivity index (χ1) is 9.49. The number of benzene rings is 1. The highest BCUT2D eigenvalue weighted by Crippen LogP contribution is 2.29. The Hall–Kier alpha value is -1.62. The van der Waals surface area contributed by atoms with Crippen LogP contribution in [0.25, 0.3) is 0 Å². The molecule has 5 nitrogen and oxygen atoms in total. The molecule has 0 spiro atoms. The van der Waals surface area contributed by atoms with Gasteiger partial charge in [-0.2, -0.15) is 0 Å². The standard InChI is InChI=1S/C14H16ClNO4/c1-9-4-2-3-5-13(9)20-14(17)11-8-10(15)6-7-12(11)16(18)19/h6-9,13H,2-5H2,1H3. The summed E-state index contributed by atoms with van der Waals surface area (Å²) in [7, 11) is 0. The number of nitro groups is 1. The monoisotopic (exact) mass is 297 g/mol. The fraction of sp³-hybridized carbons (Fsp3) is 0.500. The van der Waals surface area contributed by atoms with Crippen LogP contribution in [0.4, 0.5) is 5.69 Å². The summed E-state index contributed by atoms with van der Waals surface area (Å²) in [4.78, 5) is 22.5. The van der Waals surface area contributed by atoms with E-state index in [-0.39, 0.29) is 28.3 Å². The highest BCUT2D eigenvalue weighted by molar-refractivity contribution is 6.31. The van der Waals surface area contributed by atoms with Gasteiger partial charge in [-0.05, 0) is 37.3 Å². The van der Waals surface area contributed by atoms with Crippen molar-refractivity contribution in [3.63, 3.8) is 0 Å². The minimum Gasteiger partial charge on any atom is -0.458 e. The lowest BCUT2D eigenvalue weighted by Crippen LogP contribution is -2.28. The number of nitro benzene ring substituents is 1. The van der Waals surface area contributed by atoms with Gasteiger partial charge in [-0.15, -0.1) is 0 Å². The van der Waals surface area contributed by atoms with Crippen molar-refractivity contribution in [3.8, 4) is 0 Å². The molecular weight excluding hydrogens is 282 g/mol. The number of carbonyl (C=O) groups is 1. The van der Waals surface area contributed by atoms with Crippen LogP contribution in [0.15, 0.2) is 18.2 Å². The molecule has 0 heterocycles. The summed E-state index contributed by atoms with van der Waals surface area (Å²) < 4.78 is 5.43. The number of carbonyl (C=O) groups excluding carboxylic acids is 1. The third kappa shape index (κ3) is 3.28. The Bertz CT molecular complexity index is 532. The second-order valence-corrected chi connectivity index (χ2v) is 5.56. The molecule has 1 aliphatic carbocycles. The van der Waals surface area contributed by atoms with Gasteiger partial charge in [0.2, 0.25) is 0 Å². The van der Waals surface area contributed by atoms with E-state index in [4.69, 9.17) is 16.3 Å². The maximum Gasteiger partial charge on any atom is 0.345 e. The number of rotatable bonds is 3. The van der Waals surface area contributed by atoms with Gasteiger partial charge in [0, 0.05) is 11.1 Å². The number of hydrogen-bond donors (Lipinski definition) is 0. The van der Waals surface area contributed by atoms with Gasteiger partial charge in [0.05, 0.1) is 4.92 Å². The summed E-state index contributed by atoms with van der Waals surface area (Å²) >= 11 is 5.81. The van der Waals surface area contributed by atoms with Crippen molar-refractivity contribution >= 4 is 23.3 Å². The van der Waals surface area contributed by atoms with Gasteiger partial charge in [0.15, 0.2) is 0 Å². The molecule has 2 rings (SSSR count). The molecule has 20 heavy (non-hydrogen) atoms. The van der Waals surface area contributed by atoms with Crippen LogP contribution in [0.1, 0.15) is 43.0 Å². The van der Waals surface area contributed by atoms with E-state index in [2.05, 4.69) is 0 Å². The van der Waals surface area contributed by atoms with Crippen molar-refractivity contribution in [2.75, 3.05) is 0 Å². The maximum atomic E-state index is 12.2. The van der Waals surface area contributed by atoms with Crippen LogP contribution in [0.2, 0.25) is 5.02 Å². The maximum absolute atomic E-state index is 12.2. The Morgan fingerprint density at radius 2 is 2.10 bits per heavy atom. The summed E-state index contributed by atoms with van der Waals surface area (Å²) in [5.41, 5.74) is -0.358. The normalized spacial score (nSPS) is 22.3. The Balaban J connectivity index is 2.20. The molecule has 0 aromatic heterocycles. The molecule has 1 saturated carbocycles. The van der Waals surface area contributed by atoms with E-state index in [1.165, 1.54) is 18.2 Å². The van der Waals surface area contributed by atoms with Gasteiger partial charge in [0.1, 0.15) is 11.7 Å². The average Bonchev–Trinajstić information content (AvgIpc) is 2.40. The van der Waals surface area contributed by atoms with E-state index in [1.54, 1.807) is 0 Å². The Morgan fingerprint density at radius 1 is 1.40 bits per heavy atom. The van der Waals surface area contributed by atoms with E-state index in [0.29, 0.717) is 0 Å². The number of ether oxygens (including phenoxy) is 1. The lowest BCUT2D eigenvalue weighted by Gasteiger charge is -2.28. The fourth-order valence-corrected chi connectivity index (χ4v) is 2.66. The van der Waals surface area contributed by atoms with E-state index in [1.807, 2.05) is 6.92 Å². The molecule has 1 aromatic rings. The highest BCUT2D eigenvalue weighted by Gasteiger charge is 2.28. The van der Waals surface area contributed by atoms with Crippen molar-refractivity contribution in [2.45, 2.75) is 38.7 Å². The summed E-state index contributed by atoms with van der Waals surface area (Å²) in [6, 6.07) is 3.90. The van der Waals surface area contributed by atoms with Crippen LogP contribution in [-0.2, 0) is 4.74 Å². The molecule has 0 radical (unpaired) electrons. The predicted octanol–water partition coefficient (Wildman–Crippen LogP) is 3.98. The first kappa shape index (κ1) is 14.8. The minimum atomic E-state index is -0.669. The number of halogens is 1. The predicted molar refractivity (Wildman–Crippen MR) is 74.9 cm³/mol. The third-order valence-electron chi connectivity index (χ3n) is 3.67. The molecule has 1 aromatic carbocycles. The molecule has 1 aliphatic rings. The molecule has 0 saturated heterocycles. The molecule has 2 unspecified atom stereocenters. The zero-order valence-corrected chi connectivity index (χ0v) is 11.9. The fourth-order valence-electron chi connectivity index (χ4n) is 2.49. The molecular formula is C14H16ClNO4. The molecule has 108 valence electrons. The molecule has 6 heteroatoms. The summed E-state index contributed by atoms with van der Waals surface area (Å²) in [5, 5.41) is 11.2. The molecule has 0 N–H and O–H groups in total. The topological polar surface area (TPSA) is 69.4 Å². The van der Waals surface area contributed by atoms with Gasteiger partial charge < -0.3 is 4.74 Å². The molecule has 2 atom stereocenters. The number of esters is 1. The van der Waals surface area contributed by atoms with Gasteiger partial charge in [-0.3, -0.25) is 10.1 Å². The van der Waals surface area contributed by atoms with E-state index >= 15 is 0 Å². The van der Waals surface area contributed by atoms with E-state index in [0.717, 1.165) is 25.7 Å². The molecule has 0 bridgehead atoms. The quantitative estimate of drug-likeness (QED) is 0.480. The average molecular weight is 298 g/mol. The van der Waals surface area contributed by atoms with Crippen LogP contribution >= 0.6 is 11.6 Å². The zero-order chi connectivity index (χ0) is 14.7. The van der Waals surface area contributed by atoms with Crippen LogP contribution < -0.4 is 0 Å². The summed E-state index contributed by atoms with van der Waals surface area (Å²) in [5.74, 6) is -0.385. The van der Waals surface area contributed by atoms with Crippen molar-refractivity contribution in [3.05, 3.63) is 38.9 Å². The lowest BCUT2D eigenvalue weighted by atomic mass is 9.88. The smallest absolute Gasteiger partial charge is 0.345 e. The van der Waals surface area contributed by atoms with Crippen molar-refractivity contribution in [2.24, 2.45) is 5.92 Å². The Labute approximate surface area is 122 Å². The summed E-state index contributed by atoms with van der Waals surface area (Å²) in [6.45, 7) is 2.03.